The van der Waals surface area contributed by atoms with E-state index in [9.17, 15) is 27.6 Å². The normalized spacial score (nSPS) is 16.1. The number of alkyl halides is 3. The van der Waals surface area contributed by atoms with Gasteiger partial charge in [-0.3, -0.25) is 19.3 Å². The van der Waals surface area contributed by atoms with Crippen molar-refractivity contribution in [3.63, 3.8) is 0 Å². The van der Waals surface area contributed by atoms with Gasteiger partial charge in [0.15, 0.2) is 5.78 Å². The van der Waals surface area contributed by atoms with Crippen molar-refractivity contribution in [2.24, 2.45) is 0 Å². The van der Waals surface area contributed by atoms with Gasteiger partial charge in [-0.1, -0.05) is 23.7 Å². The lowest BCUT2D eigenvalue weighted by Crippen LogP contribution is -2.33. The summed E-state index contributed by atoms with van der Waals surface area (Å²) in [6.07, 6.45) is -3.14. The van der Waals surface area contributed by atoms with E-state index in [2.05, 4.69) is 0 Å². The standard InChI is InChI=1S/C19H11ClF3NO3S/c20-14-7-3-12(4-8-14)15(25)10-24-17(26)16(28-18(24)27)9-11-1-5-13(6-2-11)19(21,22)23/h1-9H,10H2/b16-9-. The number of thioether (sulfide) groups is 1. The van der Waals surface area contributed by atoms with Crippen LogP contribution >= 0.6 is 23.4 Å². The molecule has 1 heterocycles. The molecule has 2 aromatic carbocycles. The van der Waals surface area contributed by atoms with Crippen LogP contribution in [0.3, 0.4) is 0 Å². The van der Waals surface area contributed by atoms with E-state index in [4.69, 9.17) is 11.6 Å². The number of rotatable bonds is 4. The zero-order valence-corrected chi connectivity index (χ0v) is 15.6. The van der Waals surface area contributed by atoms with Gasteiger partial charge < -0.3 is 0 Å². The van der Waals surface area contributed by atoms with Crippen LogP contribution in [0.1, 0.15) is 21.5 Å². The number of ketones is 1. The number of imide groups is 1. The van der Waals surface area contributed by atoms with Gasteiger partial charge in [0.05, 0.1) is 17.0 Å². The molecule has 0 bridgehead atoms. The minimum atomic E-state index is -4.46. The predicted molar refractivity (Wildman–Crippen MR) is 99.9 cm³/mol. The maximum absolute atomic E-state index is 12.6. The fourth-order valence-corrected chi connectivity index (χ4v) is 3.39. The second kappa shape index (κ2) is 7.81. The van der Waals surface area contributed by atoms with Gasteiger partial charge in [-0.2, -0.15) is 13.2 Å². The maximum Gasteiger partial charge on any atom is 0.416 e. The lowest BCUT2D eigenvalue weighted by atomic mass is 10.1. The number of halogens is 4. The number of carbonyl (C=O) groups excluding carboxylic acids is 3. The van der Waals surface area contributed by atoms with Crippen LogP contribution in [0.4, 0.5) is 18.0 Å². The van der Waals surface area contributed by atoms with Gasteiger partial charge >= 0.3 is 6.18 Å². The zero-order chi connectivity index (χ0) is 20.5. The fourth-order valence-electron chi connectivity index (χ4n) is 2.43. The number of hydrogen-bond donors (Lipinski definition) is 0. The summed E-state index contributed by atoms with van der Waals surface area (Å²) in [5.74, 6) is -1.10. The summed E-state index contributed by atoms with van der Waals surface area (Å²) >= 11 is 6.39. The van der Waals surface area contributed by atoms with Crippen molar-refractivity contribution in [3.05, 3.63) is 75.1 Å². The first kappa shape index (κ1) is 20.2. The molecule has 1 aliphatic heterocycles. The summed E-state index contributed by atoms with van der Waals surface area (Å²) in [7, 11) is 0. The van der Waals surface area contributed by atoms with E-state index in [1.54, 1.807) is 0 Å². The number of nitrogens with zero attached hydrogens (tertiary/aromatic N) is 1. The Labute approximate surface area is 167 Å². The lowest BCUT2D eigenvalue weighted by molar-refractivity contribution is -0.137. The molecule has 144 valence electrons. The summed E-state index contributed by atoms with van der Waals surface area (Å²) in [6.45, 7) is -0.434. The predicted octanol–water partition coefficient (Wildman–Crippen LogP) is 5.28. The van der Waals surface area contributed by atoms with Crippen LogP contribution in [0.25, 0.3) is 6.08 Å². The summed E-state index contributed by atoms with van der Waals surface area (Å²) in [5, 5.41) is -0.173. The monoisotopic (exact) mass is 425 g/mol. The van der Waals surface area contributed by atoms with Crippen molar-refractivity contribution in [3.8, 4) is 0 Å². The average molecular weight is 426 g/mol. The largest absolute Gasteiger partial charge is 0.416 e. The van der Waals surface area contributed by atoms with Crippen molar-refractivity contribution >= 4 is 46.4 Å². The Bertz CT molecular complexity index is 969. The summed E-state index contributed by atoms with van der Waals surface area (Å²) in [5.41, 5.74) is -0.177. The van der Waals surface area contributed by atoms with E-state index in [0.717, 1.165) is 17.0 Å². The summed E-state index contributed by atoms with van der Waals surface area (Å²) in [4.78, 5) is 37.6. The molecule has 9 heteroatoms. The zero-order valence-electron chi connectivity index (χ0n) is 14.0. The molecule has 1 aliphatic rings. The second-order valence-electron chi connectivity index (χ2n) is 5.82. The first-order valence-corrected chi connectivity index (χ1v) is 9.06. The van der Waals surface area contributed by atoms with E-state index in [-0.39, 0.29) is 4.91 Å². The third-order valence-electron chi connectivity index (χ3n) is 3.88. The lowest BCUT2D eigenvalue weighted by Gasteiger charge is -2.11. The van der Waals surface area contributed by atoms with Gasteiger partial charge in [-0.05, 0) is 59.8 Å². The molecule has 0 spiro atoms. The smallest absolute Gasteiger partial charge is 0.292 e. The van der Waals surface area contributed by atoms with E-state index >= 15 is 0 Å². The molecule has 0 N–H and O–H groups in total. The van der Waals surface area contributed by atoms with E-state index in [0.29, 0.717) is 27.9 Å². The maximum atomic E-state index is 12.6. The average Bonchev–Trinajstić information content (AvgIpc) is 2.89. The Morgan fingerprint density at radius 3 is 2.21 bits per heavy atom. The SMILES string of the molecule is O=C(CN1C(=O)S/C(=C\c2ccc(C(F)(F)F)cc2)C1=O)c1ccc(Cl)cc1. The summed E-state index contributed by atoms with van der Waals surface area (Å²) in [6, 6.07) is 10.2. The topological polar surface area (TPSA) is 54.5 Å². The van der Waals surface area contributed by atoms with Crippen LogP contribution in [0.5, 0.6) is 0 Å². The van der Waals surface area contributed by atoms with Crippen molar-refractivity contribution in [2.75, 3.05) is 6.54 Å². The minimum absolute atomic E-state index is 0.0358. The second-order valence-corrected chi connectivity index (χ2v) is 7.25. The van der Waals surface area contributed by atoms with Gasteiger partial charge in [0.2, 0.25) is 0 Å². The first-order chi connectivity index (χ1) is 13.1. The molecule has 0 saturated carbocycles. The van der Waals surface area contributed by atoms with Crippen LogP contribution in [-0.4, -0.2) is 28.4 Å². The first-order valence-electron chi connectivity index (χ1n) is 7.86. The van der Waals surface area contributed by atoms with Gasteiger partial charge in [0, 0.05) is 10.6 Å². The Balaban J connectivity index is 1.75. The number of amides is 2. The highest BCUT2D eigenvalue weighted by molar-refractivity contribution is 8.18. The minimum Gasteiger partial charge on any atom is -0.292 e. The van der Waals surface area contributed by atoms with Crippen LogP contribution in [0.15, 0.2) is 53.4 Å². The number of benzene rings is 2. The molecular formula is C19H11ClF3NO3S. The molecule has 0 aromatic heterocycles. The highest BCUT2D eigenvalue weighted by Crippen LogP contribution is 2.33. The fraction of sp³-hybridized carbons (Fsp3) is 0.105. The van der Waals surface area contributed by atoms with E-state index < -0.39 is 35.2 Å². The van der Waals surface area contributed by atoms with Crippen LogP contribution in [0.2, 0.25) is 5.02 Å². The third-order valence-corrected chi connectivity index (χ3v) is 5.04. The van der Waals surface area contributed by atoms with Crippen LogP contribution in [-0.2, 0) is 11.0 Å². The molecule has 2 amide bonds. The Morgan fingerprint density at radius 2 is 1.64 bits per heavy atom. The van der Waals surface area contributed by atoms with E-state index in [1.165, 1.54) is 42.5 Å². The van der Waals surface area contributed by atoms with Gasteiger partial charge in [0.1, 0.15) is 0 Å². The Kier molecular flexibility index (Phi) is 5.62. The van der Waals surface area contributed by atoms with Gasteiger partial charge in [-0.15, -0.1) is 0 Å². The molecule has 1 fully saturated rings. The highest BCUT2D eigenvalue weighted by Gasteiger charge is 2.36. The molecule has 0 aliphatic carbocycles. The molecule has 4 nitrogen and oxygen atoms in total. The number of Topliss-reactive ketones (excluding diaryl/α,β-unsaturated/α-hetero) is 1. The van der Waals surface area contributed by atoms with Gasteiger partial charge in [-0.25, -0.2) is 0 Å². The molecule has 0 atom stereocenters. The number of hydrogen-bond acceptors (Lipinski definition) is 4. The van der Waals surface area contributed by atoms with Crippen molar-refractivity contribution in [1.82, 2.24) is 4.90 Å². The highest BCUT2D eigenvalue weighted by atomic mass is 35.5. The van der Waals surface area contributed by atoms with Crippen LogP contribution < -0.4 is 0 Å². The molecule has 2 aromatic rings. The van der Waals surface area contributed by atoms with Crippen molar-refractivity contribution in [1.29, 1.82) is 0 Å². The van der Waals surface area contributed by atoms with Crippen molar-refractivity contribution in [2.45, 2.75) is 6.18 Å². The molecule has 0 unspecified atom stereocenters. The quantitative estimate of drug-likeness (QED) is 0.494. The summed E-state index contributed by atoms with van der Waals surface area (Å²) < 4.78 is 37.8. The van der Waals surface area contributed by atoms with Crippen molar-refractivity contribution < 1.29 is 27.6 Å². The molecule has 28 heavy (non-hydrogen) atoms. The number of carbonyl (C=O) groups is 3. The molecule has 1 saturated heterocycles. The third kappa shape index (κ3) is 4.45. The Hall–Kier alpha value is -2.58. The molecule has 0 radical (unpaired) electrons. The van der Waals surface area contributed by atoms with E-state index in [1.807, 2.05) is 0 Å². The van der Waals surface area contributed by atoms with Crippen LogP contribution in [0, 0.1) is 0 Å². The molecule has 3 rings (SSSR count). The van der Waals surface area contributed by atoms with Gasteiger partial charge in [0.25, 0.3) is 11.1 Å². The Morgan fingerprint density at radius 1 is 1.04 bits per heavy atom. The molecular weight excluding hydrogens is 415 g/mol.